The predicted molar refractivity (Wildman–Crippen MR) is 88.7 cm³/mol. The summed E-state index contributed by atoms with van der Waals surface area (Å²) >= 11 is 0. The smallest absolute Gasteiger partial charge is 0.255 e. The standard InChI is InChI=1S/C18H16N2O4/c1-2-20-14-5-4-13(7-12(14)9-17(20)21)19-18(22)11-3-6-15-16(8-11)24-10-23-15/h3-8H,2,9-10H2,1H3,(H,19,22). The third-order valence-electron chi connectivity index (χ3n) is 4.22. The molecule has 0 spiro atoms. The van der Waals surface area contributed by atoms with Crippen LogP contribution < -0.4 is 19.7 Å². The molecule has 0 saturated carbocycles. The van der Waals surface area contributed by atoms with Crippen LogP contribution in [0.15, 0.2) is 36.4 Å². The minimum atomic E-state index is -0.232. The zero-order valence-electron chi connectivity index (χ0n) is 13.2. The highest BCUT2D eigenvalue weighted by atomic mass is 16.7. The van der Waals surface area contributed by atoms with Crippen LogP contribution in [0.3, 0.4) is 0 Å². The second-order valence-electron chi connectivity index (χ2n) is 5.68. The normalized spacial score (nSPS) is 14.7. The molecular weight excluding hydrogens is 308 g/mol. The first-order valence-electron chi connectivity index (χ1n) is 7.80. The van der Waals surface area contributed by atoms with E-state index in [2.05, 4.69) is 5.32 Å². The molecule has 0 aromatic heterocycles. The lowest BCUT2D eigenvalue weighted by Crippen LogP contribution is -2.25. The van der Waals surface area contributed by atoms with E-state index in [1.165, 1.54) is 0 Å². The van der Waals surface area contributed by atoms with Gasteiger partial charge in [0.05, 0.1) is 6.42 Å². The Kier molecular flexibility index (Phi) is 3.37. The summed E-state index contributed by atoms with van der Waals surface area (Å²) in [5, 5.41) is 2.86. The molecule has 0 atom stereocenters. The first-order valence-corrected chi connectivity index (χ1v) is 7.80. The van der Waals surface area contributed by atoms with Crippen molar-refractivity contribution in [1.82, 2.24) is 0 Å². The first kappa shape index (κ1) is 14.6. The SMILES string of the molecule is CCN1C(=O)Cc2cc(NC(=O)c3ccc4c(c3)OCO4)ccc21. The molecule has 4 rings (SSSR count). The topological polar surface area (TPSA) is 67.9 Å². The average molecular weight is 324 g/mol. The molecule has 1 N–H and O–H groups in total. The molecule has 0 aliphatic carbocycles. The summed E-state index contributed by atoms with van der Waals surface area (Å²) in [7, 11) is 0. The second-order valence-corrected chi connectivity index (χ2v) is 5.68. The van der Waals surface area contributed by atoms with Crippen LogP contribution in [0, 0.1) is 0 Å². The fraction of sp³-hybridized carbons (Fsp3) is 0.222. The summed E-state index contributed by atoms with van der Waals surface area (Å²) in [4.78, 5) is 26.1. The fourth-order valence-electron chi connectivity index (χ4n) is 3.05. The van der Waals surface area contributed by atoms with Gasteiger partial charge < -0.3 is 19.7 Å². The van der Waals surface area contributed by atoms with Crippen molar-refractivity contribution in [3.63, 3.8) is 0 Å². The van der Waals surface area contributed by atoms with Crippen LogP contribution in [-0.4, -0.2) is 25.2 Å². The van der Waals surface area contributed by atoms with Gasteiger partial charge in [-0.25, -0.2) is 0 Å². The quantitative estimate of drug-likeness (QED) is 0.942. The number of carbonyl (C=O) groups is 2. The number of amides is 2. The highest BCUT2D eigenvalue weighted by Crippen LogP contribution is 2.33. The predicted octanol–water partition coefficient (Wildman–Crippen LogP) is 2.58. The van der Waals surface area contributed by atoms with E-state index in [1.807, 2.05) is 25.1 Å². The Morgan fingerprint density at radius 2 is 2.00 bits per heavy atom. The van der Waals surface area contributed by atoms with Crippen LogP contribution in [0.4, 0.5) is 11.4 Å². The van der Waals surface area contributed by atoms with Crippen LogP contribution >= 0.6 is 0 Å². The fourth-order valence-corrected chi connectivity index (χ4v) is 3.05. The lowest BCUT2D eigenvalue weighted by atomic mass is 10.1. The number of hydrogen-bond donors (Lipinski definition) is 1. The molecule has 0 bridgehead atoms. The summed E-state index contributed by atoms with van der Waals surface area (Å²) < 4.78 is 10.5. The number of hydrogen-bond acceptors (Lipinski definition) is 4. The molecule has 0 unspecified atom stereocenters. The molecule has 0 saturated heterocycles. The van der Waals surface area contributed by atoms with Crippen LogP contribution in [0.5, 0.6) is 11.5 Å². The molecule has 2 aliphatic heterocycles. The van der Waals surface area contributed by atoms with E-state index in [0.717, 1.165) is 11.3 Å². The Morgan fingerprint density at radius 1 is 1.17 bits per heavy atom. The van der Waals surface area contributed by atoms with Crippen molar-refractivity contribution in [2.45, 2.75) is 13.3 Å². The third kappa shape index (κ3) is 2.36. The van der Waals surface area contributed by atoms with Crippen LogP contribution in [0.25, 0.3) is 0 Å². The van der Waals surface area contributed by atoms with Gasteiger partial charge >= 0.3 is 0 Å². The Balaban J connectivity index is 1.55. The Bertz CT molecular complexity index is 847. The van der Waals surface area contributed by atoms with E-state index in [-0.39, 0.29) is 18.6 Å². The van der Waals surface area contributed by atoms with Crippen molar-refractivity contribution in [2.75, 3.05) is 23.6 Å². The van der Waals surface area contributed by atoms with Crippen molar-refractivity contribution in [3.05, 3.63) is 47.5 Å². The number of fused-ring (bicyclic) bond motifs is 2. The number of ether oxygens (including phenoxy) is 2. The molecule has 2 aromatic rings. The second kappa shape index (κ2) is 5.56. The summed E-state index contributed by atoms with van der Waals surface area (Å²) in [6.07, 6.45) is 0.372. The minimum absolute atomic E-state index is 0.0896. The monoisotopic (exact) mass is 324 g/mol. The van der Waals surface area contributed by atoms with Crippen LogP contribution in [0.2, 0.25) is 0 Å². The van der Waals surface area contributed by atoms with Crippen LogP contribution in [-0.2, 0) is 11.2 Å². The van der Waals surface area contributed by atoms with E-state index in [9.17, 15) is 9.59 Å². The lowest BCUT2D eigenvalue weighted by Gasteiger charge is -2.15. The number of benzene rings is 2. The van der Waals surface area contributed by atoms with Gasteiger partial charge in [0.15, 0.2) is 11.5 Å². The van der Waals surface area contributed by atoms with Gasteiger partial charge in [0.25, 0.3) is 5.91 Å². The Hall–Kier alpha value is -3.02. The number of anilines is 2. The number of likely N-dealkylation sites (N-methyl/N-ethyl adjacent to an activating group) is 1. The maximum Gasteiger partial charge on any atom is 0.255 e. The minimum Gasteiger partial charge on any atom is -0.454 e. The van der Waals surface area contributed by atoms with E-state index in [1.54, 1.807) is 23.1 Å². The zero-order chi connectivity index (χ0) is 16.7. The maximum atomic E-state index is 12.4. The molecule has 2 aromatic carbocycles. The molecule has 122 valence electrons. The first-order chi connectivity index (χ1) is 11.7. The molecule has 0 radical (unpaired) electrons. The van der Waals surface area contributed by atoms with Gasteiger partial charge in [-0.2, -0.15) is 0 Å². The van der Waals surface area contributed by atoms with Gasteiger partial charge in [-0.05, 0) is 48.9 Å². The third-order valence-corrected chi connectivity index (χ3v) is 4.22. The van der Waals surface area contributed by atoms with E-state index >= 15 is 0 Å². The van der Waals surface area contributed by atoms with E-state index in [4.69, 9.17) is 9.47 Å². The Morgan fingerprint density at radius 3 is 2.83 bits per heavy atom. The lowest BCUT2D eigenvalue weighted by molar-refractivity contribution is -0.117. The molecule has 2 aliphatic rings. The molecular formula is C18H16N2O4. The van der Waals surface area contributed by atoms with Gasteiger partial charge in [0.2, 0.25) is 12.7 Å². The van der Waals surface area contributed by atoms with Crippen molar-refractivity contribution in [2.24, 2.45) is 0 Å². The Labute approximate surface area is 139 Å². The van der Waals surface area contributed by atoms with Crippen molar-refractivity contribution >= 4 is 23.2 Å². The molecule has 6 heteroatoms. The molecule has 6 nitrogen and oxygen atoms in total. The largest absolute Gasteiger partial charge is 0.454 e. The molecule has 2 heterocycles. The summed E-state index contributed by atoms with van der Waals surface area (Å²) in [5.41, 5.74) is 3.02. The van der Waals surface area contributed by atoms with Gasteiger partial charge in [0, 0.05) is 23.5 Å². The van der Waals surface area contributed by atoms with Gasteiger partial charge in [-0.1, -0.05) is 0 Å². The highest BCUT2D eigenvalue weighted by molar-refractivity contribution is 6.06. The summed E-state index contributed by atoms with van der Waals surface area (Å²) in [6, 6.07) is 10.6. The van der Waals surface area contributed by atoms with Gasteiger partial charge in [-0.15, -0.1) is 0 Å². The zero-order valence-corrected chi connectivity index (χ0v) is 13.2. The van der Waals surface area contributed by atoms with Crippen LogP contribution in [0.1, 0.15) is 22.8 Å². The molecule has 24 heavy (non-hydrogen) atoms. The van der Waals surface area contributed by atoms with Gasteiger partial charge in [0.1, 0.15) is 0 Å². The van der Waals surface area contributed by atoms with E-state index in [0.29, 0.717) is 35.7 Å². The van der Waals surface area contributed by atoms with E-state index < -0.39 is 0 Å². The van der Waals surface area contributed by atoms with Crippen molar-refractivity contribution in [3.8, 4) is 11.5 Å². The number of rotatable bonds is 3. The van der Waals surface area contributed by atoms with Gasteiger partial charge in [-0.3, -0.25) is 9.59 Å². The molecule has 0 fully saturated rings. The average Bonchev–Trinajstić information content (AvgIpc) is 3.16. The maximum absolute atomic E-state index is 12.4. The number of carbonyl (C=O) groups excluding carboxylic acids is 2. The summed E-state index contributed by atoms with van der Waals surface area (Å²) in [5.74, 6) is 1.07. The number of nitrogens with zero attached hydrogens (tertiary/aromatic N) is 1. The van der Waals surface area contributed by atoms with Crippen molar-refractivity contribution < 1.29 is 19.1 Å². The molecule has 2 amide bonds. The number of nitrogens with one attached hydrogen (secondary N) is 1. The van der Waals surface area contributed by atoms with Crippen molar-refractivity contribution in [1.29, 1.82) is 0 Å². The highest BCUT2D eigenvalue weighted by Gasteiger charge is 2.26. The summed E-state index contributed by atoms with van der Waals surface area (Å²) in [6.45, 7) is 2.77.